The minimum absolute atomic E-state index is 0.305. The van der Waals surface area contributed by atoms with Crippen LogP contribution in [0.25, 0.3) is 0 Å². The van der Waals surface area contributed by atoms with Gasteiger partial charge in [0.2, 0.25) is 0 Å². The molecule has 0 saturated heterocycles. The van der Waals surface area contributed by atoms with E-state index in [1.165, 1.54) is 27.7 Å². The molecule has 0 aliphatic rings. The lowest BCUT2D eigenvalue weighted by Gasteiger charge is -2.22. The van der Waals surface area contributed by atoms with E-state index in [0.717, 1.165) is 31.2 Å². The van der Waals surface area contributed by atoms with Crippen LogP contribution in [0.3, 0.4) is 0 Å². The van der Waals surface area contributed by atoms with Crippen LogP contribution < -0.4 is 0 Å². The van der Waals surface area contributed by atoms with Crippen LogP contribution in [0.2, 0.25) is 0 Å². The van der Waals surface area contributed by atoms with Crippen molar-refractivity contribution in [1.82, 2.24) is 0 Å². The summed E-state index contributed by atoms with van der Waals surface area (Å²) < 4.78 is 5.01. The Morgan fingerprint density at radius 1 is 0.721 bits per heavy atom. The number of ether oxygens (including phenoxy) is 1. The van der Waals surface area contributed by atoms with Gasteiger partial charge < -0.3 is 4.74 Å². The molecule has 1 unspecified atom stereocenters. The SMILES string of the molecule is CC(=O)C(C(=O)OC(C)(C)C)C(=O)c1ccc([N+](=O)[O-])cc1[N+](=O)[O-].CC(=O)CC(=O)c1ccc([N+](=O)[O-])cc1[N+](=O)[O-]. The van der Waals surface area contributed by atoms with E-state index >= 15 is 0 Å². The highest BCUT2D eigenvalue weighted by Crippen LogP contribution is 2.28. The van der Waals surface area contributed by atoms with Gasteiger partial charge in [0.15, 0.2) is 23.3 Å². The van der Waals surface area contributed by atoms with Crippen molar-refractivity contribution in [2.75, 3.05) is 0 Å². The van der Waals surface area contributed by atoms with E-state index < -0.39 is 95.0 Å². The summed E-state index contributed by atoms with van der Waals surface area (Å²) in [6, 6.07) is 5.00. The lowest BCUT2D eigenvalue weighted by atomic mass is 9.93. The van der Waals surface area contributed by atoms with Crippen molar-refractivity contribution < 1.29 is 48.4 Å². The minimum atomic E-state index is -1.89. The number of benzene rings is 2. The molecular formula is C25H24N4O14. The number of carbonyl (C=O) groups is 5. The molecular weight excluding hydrogens is 580 g/mol. The molecule has 0 aliphatic carbocycles. The molecule has 0 spiro atoms. The fraction of sp³-hybridized carbons (Fsp3) is 0.320. The van der Waals surface area contributed by atoms with Crippen molar-refractivity contribution in [3.8, 4) is 0 Å². The molecule has 1 atom stereocenters. The van der Waals surface area contributed by atoms with Crippen LogP contribution in [-0.2, 0) is 19.1 Å². The van der Waals surface area contributed by atoms with E-state index in [9.17, 15) is 64.4 Å². The summed E-state index contributed by atoms with van der Waals surface area (Å²) in [5.74, 6) is -6.20. The van der Waals surface area contributed by atoms with Gasteiger partial charge in [-0.1, -0.05) is 0 Å². The van der Waals surface area contributed by atoms with E-state index in [-0.39, 0.29) is 5.56 Å². The highest BCUT2D eigenvalue weighted by atomic mass is 16.6. The Morgan fingerprint density at radius 3 is 1.49 bits per heavy atom. The maximum atomic E-state index is 12.5. The predicted molar refractivity (Wildman–Crippen MR) is 143 cm³/mol. The first-order valence-electron chi connectivity index (χ1n) is 11.8. The lowest BCUT2D eigenvalue weighted by molar-refractivity contribution is -0.394. The number of esters is 1. The van der Waals surface area contributed by atoms with Crippen LogP contribution in [0.5, 0.6) is 0 Å². The zero-order valence-corrected chi connectivity index (χ0v) is 23.3. The summed E-state index contributed by atoms with van der Waals surface area (Å²) in [5.41, 5.74) is -4.49. The van der Waals surface area contributed by atoms with Gasteiger partial charge in [-0.2, -0.15) is 0 Å². The van der Waals surface area contributed by atoms with Crippen molar-refractivity contribution in [3.63, 3.8) is 0 Å². The largest absolute Gasteiger partial charge is 0.459 e. The fourth-order valence-electron chi connectivity index (χ4n) is 3.31. The molecule has 43 heavy (non-hydrogen) atoms. The van der Waals surface area contributed by atoms with Gasteiger partial charge in [0.05, 0.1) is 49.4 Å². The molecule has 0 bridgehead atoms. The molecule has 2 rings (SSSR count). The van der Waals surface area contributed by atoms with Crippen molar-refractivity contribution in [2.24, 2.45) is 5.92 Å². The van der Waals surface area contributed by atoms with Gasteiger partial charge in [-0.05, 0) is 46.8 Å². The third kappa shape index (κ3) is 9.95. The van der Waals surface area contributed by atoms with E-state index in [2.05, 4.69) is 0 Å². The second-order valence-corrected chi connectivity index (χ2v) is 9.67. The first-order valence-corrected chi connectivity index (χ1v) is 11.8. The number of hydrogen-bond acceptors (Lipinski definition) is 14. The quantitative estimate of drug-likeness (QED) is 0.116. The number of nitro benzene ring substituents is 4. The van der Waals surface area contributed by atoms with Crippen LogP contribution in [0.15, 0.2) is 36.4 Å². The number of nitro groups is 4. The normalized spacial score (nSPS) is 11.2. The lowest BCUT2D eigenvalue weighted by Crippen LogP contribution is -2.36. The molecule has 228 valence electrons. The molecule has 18 heteroatoms. The molecule has 0 aromatic heterocycles. The van der Waals surface area contributed by atoms with Gasteiger partial charge >= 0.3 is 5.97 Å². The zero-order chi connectivity index (χ0) is 33.4. The second kappa shape index (κ2) is 14.2. The third-order valence-electron chi connectivity index (χ3n) is 5.06. The molecule has 0 aliphatic heterocycles. The van der Waals surface area contributed by atoms with E-state index in [0.29, 0.717) is 12.1 Å². The highest BCUT2D eigenvalue weighted by molar-refractivity contribution is 6.23. The van der Waals surface area contributed by atoms with Crippen molar-refractivity contribution >= 4 is 51.9 Å². The molecule has 2 aromatic rings. The molecule has 0 amide bonds. The van der Waals surface area contributed by atoms with Gasteiger partial charge in [0, 0.05) is 12.1 Å². The van der Waals surface area contributed by atoms with Crippen LogP contribution >= 0.6 is 0 Å². The summed E-state index contributed by atoms with van der Waals surface area (Å²) in [7, 11) is 0. The molecule has 2 aromatic carbocycles. The van der Waals surface area contributed by atoms with E-state index in [1.807, 2.05) is 0 Å². The van der Waals surface area contributed by atoms with Crippen molar-refractivity contribution in [2.45, 2.75) is 46.6 Å². The fourth-order valence-corrected chi connectivity index (χ4v) is 3.31. The van der Waals surface area contributed by atoms with Gasteiger partial charge in [0.1, 0.15) is 11.4 Å². The summed E-state index contributed by atoms with van der Waals surface area (Å²) in [5, 5.41) is 43.1. The first-order chi connectivity index (χ1) is 19.7. The minimum Gasteiger partial charge on any atom is -0.459 e. The summed E-state index contributed by atoms with van der Waals surface area (Å²) >= 11 is 0. The maximum Gasteiger partial charge on any atom is 0.325 e. The van der Waals surface area contributed by atoms with Gasteiger partial charge in [-0.3, -0.25) is 64.4 Å². The highest BCUT2D eigenvalue weighted by Gasteiger charge is 2.39. The Balaban J connectivity index is 0.000000453. The van der Waals surface area contributed by atoms with Crippen LogP contribution in [0.1, 0.15) is 61.8 Å². The second-order valence-electron chi connectivity index (χ2n) is 9.67. The Kier molecular flexibility index (Phi) is 11.6. The van der Waals surface area contributed by atoms with Crippen molar-refractivity contribution in [1.29, 1.82) is 0 Å². The number of ketones is 4. The maximum absolute atomic E-state index is 12.5. The monoisotopic (exact) mass is 604 g/mol. The number of carbonyl (C=O) groups excluding carboxylic acids is 5. The molecule has 0 fully saturated rings. The number of hydrogen-bond donors (Lipinski definition) is 0. The van der Waals surface area contributed by atoms with Crippen LogP contribution in [0, 0.1) is 46.4 Å². The van der Waals surface area contributed by atoms with Crippen molar-refractivity contribution in [3.05, 3.63) is 88.0 Å². The Bertz CT molecular complexity index is 1540. The first kappa shape index (κ1) is 35.2. The van der Waals surface area contributed by atoms with Gasteiger partial charge in [-0.15, -0.1) is 0 Å². The van der Waals surface area contributed by atoms with Crippen LogP contribution in [-0.4, -0.2) is 54.4 Å². The topological polar surface area (TPSA) is 267 Å². The predicted octanol–water partition coefficient (Wildman–Crippen LogP) is 3.90. The average Bonchev–Trinajstić information content (AvgIpc) is 2.86. The van der Waals surface area contributed by atoms with E-state index in [1.54, 1.807) is 0 Å². The number of non-ortho nitro benzene ring substituents is 2. The number of Topliss-reactive ketones (excluding diaryl/α,β-unsaturated/α-hetero) is 4. The number of rotatable bonds is 11. The average molecular weight is 604 g/mol. The molecule has 0 N–H and O–H groups in total. The summed E-state index contributed by atoms with van der Waals surface area (Å²) in [4.78, 5) is 98.3. The molecule has 0 radical (unpaired) electrons. The Labute approximate surface area is 241 Å². The molecule has 0 heterocycles. The van der Waals surface area contributed by atoms with E-state index in [4.69, 9.17) is 4.74 Å². The van der Waals surface area contributed by atoms with Gasteiger partial charge in [0.25, 0.3) is 22.7 Å². The standard InChI is InChI=1S/C15H16N2O8.C10H8N2O6/c1-8(18)12(14(20)25-15(2,3)4)13(19)10-6-5-9(16(21)22)7-11(10)17(23)24;1-6(13)4-10(14)8-3-2-7(11(15)16)5-9(8)12(17)18/h5-7,12H,1-4H3;2-3,5H,4H2,1H3. The summed E-state index contributed by atoms with van der Waals surface area (Å²) in [6.07, 6.45) is -0.474. The molecule has 0 saturated carbocycles. The Hall–Kier alpha value is -5.81. The van der Waals surface area contributed by atoms with Gasteiger partial charge in [-0.25, -0.2) is 0 Å². The number of nitrogens with zero attached hydrogens (tertiary/aromatic N) is 4. The molecule has 18 nitrogen and oxygen atoms in total. The Morgan fingerprint density at radius 2 is 1.14 bits per heavy atom. The zero-order valence-electron chi connectivity index (χ0n) is 23.3. The van der Waals surface area contributed by atoms with Crippen LogP contribution in [0.4, 0.5) is 22.7 Å². The summed E-state index contributed by atoms with van der Waals surface area (Å²) in [6.45, 7) is 6.74. The smallest absolute Gasteiger partial charge is 0.325 e. The third-order valence-corrected chi connectivity index (χ3v) is 5.06.